The zero-order valence-electron chi connectivity index (χ0n) is 16.6. The fourth-order valence-electron chi connectivity index (χ4n) is 3.46. The van der Waals surface area contributed by atoms with Crippen LogP contribution in [0.2, 0.25) is 0 Å². The fraction of sp³-hybridized carbons (Fsp3) is 0.348. The molecule has 0 amide bonds. The summed E-state index contributed by atoms with van der Waals surface area (Å²) in [7, 11) is 1.69. The lowest BCUT2D eigenvalue weighted by Crippen LogP contribution is -2.24. The molecule has 0 saturated carbocycles. The summed E-state index contributed by atoms with van der Waals surface area (Å²) < 4.78 is 13.8. The third-order valence-electron chi connectivity index (χ3n) is 4.78. The van der Waals surface area contributed by atoms with Crippen molar-refractivity contribution >= 4 is 0 Å². The summed E-state index contributed by atoms with van der Waals surface area (Å²) in [6, 6.07) is 12.6. The number of aryl methyl sites for hydroxylation is 4. The molecule has 3 rings (SSSR count). The van der Waals surface area contributed by atoms with Gasteiger partial charge in [0, 0.05) is 12.4 Å². The number of ether oxygens (including phenoxy) is 2. The summed E-state index contributed by atoms with van der Waals surface area (Å²) in [5.41, 5.74) is 4.93. The Morgan fingerprint density at radius 2 is 1.74 bits per heavy atom. The summed E-state index contributed by atoms with van der Waals surface area (Å²) in [5.74, 6) is 1.89. The second-order valence-electron chi connectivity index (χ2n) is 7.11. The van der Waals surface area contributed by atoms with E-state index in [2.05, 4.69) is 54.6 Å². The van der Waals surface area contributed by atoms with Gasteiger partial charge in [0.1, 0.15) is 17.6 Å². The Morgan fingerprint density at radius 3 is 2.33 bits per heavy atom. The first-order chi connectivity index (χ1) is 13.0. The average molecular weight is 364 g/mol. The van der Waals surface area contributed by atoms with Gasteiger partial charge in [-0.3, -0.25) is 0 Å². The van der Waals surface area contributed by atoms with E-state index >= 15 is 0 Å². The highest BCUT2D eigenvalue weighted by Crippen LogP contribution is 2.27. The summed E-state index contributed by atoms with van der Waals surface area (Å²) in [6.45, 7) is 7.14. The van der Waals surface area contributed by atoms with Crippen molar-refractivity contribution in [2.45, 2.75) is 46.3 Å². The number of methoxy groups -OCH3 is 1. The lowest BCUT2D eigenvalue weighted by Gasteiger charge is -2.23. The van der Waals surface area contributed by atoms with Crippen molar-refractivity contribution in [3.05, 3.63) is 77.4 Å². The highest BCUT2D eigenvalue weighted by Gasteiger charge is 2.15. The molecule has 142 valence electrons. The number of nitrogens with zero attached hydrogens (tertiary/aromatic N) is 2. The highest BCUT2D eigenvalue weighted by atomic mass is 16.5. The molecule has 0 aliphatic heterocycles. The molecule has 1 heterocycles. The largest absolute Gasteiger partial charge is 0.497 e. The summed E-state index contributed by atoms with van der Waals surface area (Å²) in [5, 5.41) is 0. The number of benzene rings is 2. The second-order valence-corrected chi connectivity index (χ2v) is 7.11. The maximum Gasteiger partial charge on any atom is 0.125 e. The number of rotatable bonds is 8. The van der Waals surface area contributed by atoms with Crippen molar-refractivity contribution in [1.82, 2.24) is 9.55 Å². The van der Waals surface area contributed by atoms with Gasteiger partial charge in [-0.1, -0.05) is 29.8 Å². The second kappa shape index (κ2) is 8.76. The van der Waals surface area contributed by atoms with E-state index in [1.807, 2.05) is 30.9 Å². The lowest BCUT2D eigenvalue weighted by atomic mass is 10.0. The Morgan fingerprint density at radius 1 is 1.04 bits per heavy atom. The molecule has 0 aliphatic rings. The molecule has 1 unspecified atom stereocenters. The van der Waals surface area contributed by atoms with Gasteiger partial charge in [-0.05, 0) is 62.4 Å². The van der Waals surface area contributed by atoms with Gasteiger partial charge in [-0.2, -0.15) is 0 Å². The van der Waals surface area contributed by atoms with Crippen LogP contribution >= 0.6 is 0 Å². The van der Waals surface area contributed by atoms with Crippen LogP contribution in [-0.4, -0.2) is 22.8 Å². The maximum absolute atomic E-state index is 6.50. The standard InChI is InChI=1S/C23H28N2O2/c1-17-13-18(2)23(19(3)14-17)27-22(15-25-12-11-24-16-25)10-7-20-5-8-21(26-4)9-6-20/h5-6,8-9,11-14,16,22H,7,10,15H2,1-4H3. The minimum atomic E-state index is 0.0707. The lowest BCUT2D eigenvalue weighted by molar-refractivity contribution is 0.168. The zero-order valence-corrected chi connectivity index (χ0v) is 16.6. The molecule has 4 nitrogen and oxygen atoms in total. The molecule has 3 aromatic rings. The third-order valence-corrected chi connectivity index (χ3v) is 4.78. The number of hydrogen-bond acceptors (Lipinski definition) is 3. The van der Waals surface area contributed by atoms with Crippen LogP contribution < -0.4 is 9.47 Å². The molecule has 2 aromatic carbocycles. The summed E-state index contributed by atoms with van der Waals surface area (Å²) in [6.07, 6.45) is 7.59. The Labute approximate surface area is 161 Å². The monoisotopic (exact) mass is 364 g/mol. The summed E-state index contributed by atoms with van der Waals surface area (Å²) >= 11 is 0. The molecular formula is C23H28N2O2. The van der Waals surface area contributed by atoms with Gasteiger partial charge in [0.2, 0.25) is 0 Å². The van der Waals surface area contributed by atoms with Crippen LogP contribution in [0, 0.1) is 20.8 Å². The SMILES string of the molecule is COc1ccc(CCC(Cn2ccnc2)Oc2c(C)cc(C)cc2C)cc1. The smallest absolute Gasteiger partial charge is 0.125 e. The number of imidazole rings is 1. The summed E-state index contributed by atoms with van der Waals surface area (Å²) in [4.78, 5) is 4.16. The van der Waals surface area contributed by atoms with Gasteiger partial charge in [0.25, 0.3) is 0 Å². The number of aromatic nitrogens is 2. The molecule has 0 aliphatic carbocycles. The molecule has 0 fully saturated rings. The van der Waals surface area contributed by atoms with Crippen LogP contribution in [0.5, 0.6) is 11.5 Å². The molecule has 1 aromatic heterocycles. The van der Waals surface area contributed by atoms with E-state index in [1.54, 1.807) is 7.11 Å². The van der Waals surface area contributed by atoms with Gasteiger partial charge < -0.3 is 14.0 Å². The van der Waals surface area contributed by atoms with Gasteiger partial charge in [-0.25, -0.2) is 4.98 Å². The Bertz CT molecular complexity index is 832. The van der Waals surface area contributed by atoms with Crippen molar-refractivity contribution in [1.29, 1.82) is 0 Å². The van der Waals surface area contributed by atoms with Crippen LogP contribution in [0.3, 0.4) is 0 Å². The van der Waals surface area contributed by atoms with Crippen molar-refractivity contribution in [3.63, 3.8) is 0 Å². The van der Waals surface area contributed by atoms with E-state index in [9.17, 15) is 0 Å². The van der Waals surface area contributed by atoms with Crippen molar-refractivity contribution in [3.8, 4) is 11.5 Å². The fourth-order valence-corrected chi connectivity index (χ4v) is 3.46. The average Bonchev–Trinajstić information content (AvgIpc) is 3.16. The first-order valence-electron chi connectivity index (χ1n) is 9.38. The van der Waals surface area contributed by atoms with Gasteiger partial charge in [0.15, 0.2) is 0 Å². The van der Waals surface area contributed by atoms with E-state index < -0.39 is 0 Å². The molecule has 0 radical (unpaired) electrons. The Balaban J connectivity index is 1.74. The quantitative estimate of drug-likeness (QED) is 0.570. The van der Waals surface area contributed by atoms with E-state index in [1.165, 1.54) is 22.3 Å². The van der Waals surface area contributed by atoms with Crippen LogP contribution in [0.25, 0.3) is 0 Å². The van der Waals surface area contributed by atoms with Crippen molar-refractivity contribution in [2.24, 2.45) is 0 Å². The van der Waals surface area contributed by atoms with Crippen LogP contribution in [0.1, 0.15) is 28.7 Å². The minimum Gasteiger partial charge on any atom is -0.497 e. The molecule has 0 bridgehead atoms. The number of hydrogen-bond donors (Lipinski definition) is 0. The van der Waals surface area contributed by atoms with E-state index in [0.717, 1.165) is 30.9 Å². The molecular weight excluding hydrogens is 336 g/mol. The van der Waals surface area contributed by atoms with E-state index in [-0.39, 0.29) is 6.10 Å². The molecule has 0 N–H and O–H groups in total. The molecule has 0 spiro atoms. The van der Waals surface area contributed by atoms with Crippen LogP contribution in [-0.2, 0) is 13.0 Å². The first kappa shape index (κ1) is 19.0. The topological polar surface area (TPSA) is 36.3 Å². The maximum atomic E-state index is 6.50. The van der Waals surface area contributed by atoms with Crippen LogP contribution in [0.4, 0.5) is 0 Å². The Kier molecular flexibility index (Phi) is 6.17. The van der Waals surface area contributed by atoms with E-state index in [0.29, 0.717) is 0 Å². The predicted molar refractivity (Wildman–Crippen MR) is 109 cm³/mol. The van der Waals surface area contributed by atoms with E-state index in [4.69, 9.17) is 9.47 Å². The van der Waals surface area contributed by atoms with Crippen LogP contribution in [0.15, 0.2) is 55.1 Å². The predicted octanol–water partition coefficient (Wildman–Crippen LogP) is 4.90. The molecule has 4 heteroatoms. The minimum absolute atomic E-state index is 0.0707. The normalized spacial score (nSPS) is 12.0. The molecule has 27 heavy (non-hydrogen) atoms. The molecule has 0 saturated heterocycles. The van der Waals surface area contributed by atoms with Crippen molar-refractivity contribution in [2.75, 3.05) is 7.11 Å². The zero-order chi connectivity index (χ0) is 19.2. The van der Waals surface area contributed by atoms with Gasteiger partial charge >= 0.3 is 0 Å². The molecule has 1 atom stereocenters. The third kappa shape index (κ3) is 5.13. The van der Waals surface area contributed by atoms with Crippen molar-refractivity contribution < 1.29 is 9.47 Å². The van der Waals surface area contributed by atoms with Gasteiger partial charge in [-0.15, -0.1) is 0 Å². The first-order valence-corrected chi connectivity index (χ1v) is 9.38. The highest BCUT2D eigenvalue weighted by molar-refractivity contribution is 5.43. The van der Waals surface area contributed by atoms with Gasteiger partial charge in [0.05, 0.1) is 20.0 Å². The Hall–Kier alpha value is -2.75.